The number of carbonyl (C=O) groups excluding carboxylic acids is 2. The molecule has 8 nitrogen and oxygen atoms in total. The summed E-state index contributed by atoms with van der Waals surface area (Å²) in [5.74, 6) is 0.327. The molecule has 4 rings (SSSR count). The number of nitrogens with zero attached hydrogens (tertiary/aromatic N) is 3. The molecule has 3 aromatic rings. The zero-order valence-corrected chi connectivity index (χ0v) is 15.4. The second-order valence-corrected chi connectivity index (χ2v) is 6.61. The van der Waals surface area contributed by atoms with Crippen LogP contribution >= 0.6 is 0 Å². The zero-order chi connectivity index (χ0) is 19.3. The van der Waals surface area contributed by atoms with Gasteiger partial charge in [0.25, 0.3) is 11.8 Å². The summed E-state index contributed by atoms with van der Waals surface area (Å²) in [7, 11) is 0. The van der Waals surface area contributed by atoms with E-state index in [1.807, 2.05) is 22.8 Å². The molecule has 0 spiro atoms. The molecule has 0 fully saturated rings. The lowest BCUT2D eigenvalue weighted by Gasteiger charge is -2.17. The largest absolute Gasteiger partial charge is 0.467 e. The maximum atomic E-state index is 12.7. The first-order valence-electron chi connectivity index (χ1n) is 9.30. The van der Waals surface area contributed by atoms with Gasteiger partial charge in [0, 0.05) is 12.7 Å². The summed E-state index contributed by atoms with van der Waals surface area (Å²) in [6.45, 7) is 1.27. The van der Waals surface area contributed by atoms with Crippen LogP contribution in [0.4, 0.5) is 0 Å². The van der Waals surface area contributed by atoms with Crippen molar-refractivity contribution >= 4 is 11.8 Å². The van der Waals surface area contributed by atoms with Crippen molar-refractivity contribution < 1.29 is 14.0 Å². The molecule has 0 aromatic carbocycles. The first kappa shape index (κ1) is 18.0. The van der Waals surface area contributed by atoms with E-state index in [1.54, 1.807) is 24.6 Å². The van der Waals surface area contributed by atoms with Crippen LogP contribution in [0.5, 0.6) is 0 Å². The minimum Gasteiger partial charge on any atom is -0.467 e. The fourth-order valence-corrected chi connectivity index (χ4v) is 3.32. The summed E-state index contributed by atoms with van der Waals surface area (Å²) in [4.78, 5) is 33.9. The average molecular weight is 379 g/mol. The normalized spacial score (nSPS) is 13.0. The Bertz CT molecular complexity index is 963. The van der Waals surface area contributed by atoms with E-state index in [0.717, 1.165) is 30.7 Å². The van der Waals surface area contributed by atoms with Gasteiger partial charge in [-0.15, -0.1) is 0 Å². The molecular weight excluding hydrogens is 358 g/mol. The Kier molecular flexibility index (Phi) is 5.18. The maximum Gasteiger partial charge on any atom is 0.287 e. The molecule has 0 radical (unpaired) electrons. The minimum absolute atomic E-state index is 0.272. The molecule has 4 heterocycles. The second kappa shape index (κ2) is 8.08. The van der Waals surface area contributed by atoms with E-state index >= 15 is 0 Å². The van der Waals surface area contributed by atoms with Gasteiger partial charge in [-0.1, -0.05) is 6.07 Å². The van der Waals surface area contributed by atoms with Crippen LogP contribution in [0.3, 0.4) is 0 Å². The number of amides is 2. The number of hydrogen-bond donors (Lipinski definition) is 2. The standard InChI is InChI=1S/C20H21N5O3/c26-19(23-13-15-7-5-11-28-15)17-16-8-2-4-10-25(16)18(24-17)20(27)22-12-14-6-1-3-9-21-14/h1,3,5-7,9,11H,2,4,8,10,12-13H2,(H,22,27)(H,23,26). The molecule has 1 aliphatic heterocycles. The summed E-state index contributed by atoms with van der Waals surface area (Å²) in [5.41, 5.74) is 1.89. The van der Waals surface area contributed by atoms with Crippen LogP contribution in [0.1, 0.15) is 51.1 Å². The van der Waals surface area contributed by atoms with E-state index in [2.05, 4.69) is 20.6 Å². The van der Waals surface area contributed by atoms with Crippen molar-refractivity contribution in [2.24, 2.45) is 0 Å². The Hall–Kier alpha value is -3.42. The summed E-state index contributed by atoms with van der Waals surface area (Å²) < 4.78 is 7.10. The van der Waals surface area contributed by atoms with Crippen molar-refractivity contribution in [1.82, 2.24) is 25.2 Å². The number of nitrogens with one attached hydrogen (secondary N) is 2. The molecule has 28 heavy (non-hydrogen) atoms. The SMILES string of the molecule is O=C(NCc1ccco1)c1nc(C(=O)NCc2ccccn2)n2c1CCCC2. The van der Waals surface area contributed by atoms with Gasteiger partial charge in [-0.2, -0.15) is 0 Å². The molecule has 0 bridgehead atoms. The third kappa shape index (κ3) is 3.80. The van der Waals surface area contributed by atoms with E-state index in [0.29, 0.717) is 24.5 Å². The van der Waals surface area contributed by atoms with E-state index in [9.17, 15) is 9.59 Å². The molecule has 0 unspecified atom stereocenters. The number of hydrogen-bond acceptors (Lipinski definition) is 5. The molecule has 0 aliphatic carbocycles. The van der Waals surface area contributed by atoms with Crippen LogP contribution in [-0.2, 0) is 26.1 Å². The lowest BCUT2D eigenvalue weighted by molar-refractivity contribution is 0.0934. The molecule has 2 amide bonds. The number of carbonyl (C=O) groups is 2. The van der Waals surface area contributed by atoms with Gasteiger partial charge in [-0.05, 0) is 43.5 Å². The lowest BCUT2D eigenvalue weighted by atomic mass is 10.1. The van der Waals surface area contributed by atoms with Gasteiger partial charge >= 0.3 is 0 Å². The summed E-state index contributed by atoms with van der Waals surface area (Å²) in [5, 5.41) is 5.65. The number of aromatic nitrogens is 3. The van der Waals surface area contributed by atoms with Crippen LogP contribution in [0, 0.1) is 0 Å². The van der Waals surface area contributed by atoms with Gasteiger partial charge in [0.1, 0.15) is 11.5 Å². The second-order valence-electron chi connectivity index (χ2n) is 6.61. The highest BCUT2D eigenvalue weighted by Crippen LogP contribution is 2.21. The Morgan fingerprint density at radius 3 is 2.75 bits per heavy atom. The van der Waals surface area contributed by atoms with Crippen molar-refractivity contribution in [2.75, 3.05) is 0 Å². The molecule has 8 heteroatoms. The van der Waals surface area contributed by atoms with Crippen LogP contribution in [0.2, 0.25) is 0 Å². The summed E-state index contributed by atoms with van der Waals surface area (Å²) in [6.07, 6.45) is 5.89. The molecule has 3 aromatic heterocycles. The highest BCUT2D eigenvalue weighted by molar-refractivity contribution is 5.97. The molecule has 2 N–H and O–H groups in total. The highest BCUT2D eigenvalue weighted by Gasteiger charge is 2.27. The zero-order valence-electron chi connectivity index (χ0n) is 15.4. The first-order valence-corrected chi connectivity index (χ1v) is 9.30. The predicted octanol–water partition coefficient (Wildman–Crippen LogP) is 2.07. The van der Waals surface area contributed by atoms with Crippen LogP contribution in [0.25, 0.3) is 0 Å². The molecule has 0 saturated heterocycles. The van der Waals surface area contributed by atoms with E-state index in [-0.39, 0.29) is 24.2 Å². The average Bonchev–Trinajstić information content (AvgIpc) is 3.39. The van der Waals surface area contributed by atoms with Crippen molar-refractivity contribution in [3.8, 4) is 0 Å². The molecular formula is C20H21N5O3. The fraction of sp³-hybridized carbons (Fsp3) is 0.300. The Labute approximate surface area is 162 Å². The third-order valence-corrected chi connectivity index (χ3v) is 4.70. The third-order valence-electron chi connectivity index (χ3n) is 4.70. The van der Waals surface area contributed by atoms with E-state index < -0.39 is 0 Å². The van der Waals surface area contributed by atoms with E-state index in [4.69, 9.17) is 4.42 Å². The van der Waals surface area contributed by atoms with Crippen molar-refractivity contribution in [2.45, 2.75) is 38.9 Å². The lowest BCUT2D eigenvalue weighted by Crippen LogP contribution is -2.27. The number of pyridine rings is 1. The van der Waals surface area contributed by atoms with Crippen LogP contribution in [-0.4, -0.2) is 26.3 Å². The van der Waals surface area contributed by atoms with Gasteiger partial charge in [-0.3, -0.25) is 14.6 Å². The van der Waals surface area contributed by atoms with Gasteiger partial charge in [0.15, 0.2) is 5.82 Å². The smallest absolute Gasteiger partial charge is 0.287 e. The van der Waals surface area contributed by atoms with Crippen molar-refractivity contribution in [3.05, 3.63) is 71.5 Å². The number of fused-ring (bicyclic) bond motifs is 1. The topological polar surface area (TPSA) is 102 Å². The molecule has 1 aliphatic rings. The Morgan fingerprint density at radius 1 is 1.07 bits per heavy atom. The van der Waals surface area contributed by atoms with E-state index in [1.165, 1.54) is 0 Å². The Morgan fingerprint density at radius 2 is 1.96 bits per heavy atom. The number of imidazole rings is 1. The van der Waals surface area contributed by atoms with Gasteiger partial charge < -0.3 is 19.6 Å². The van der Waals surface area contributed by atoms with Gasteiger partial charge in [0.2, 0.25) is 0 Å². The first-order chi connectivity index (χ1) is 13.7. The van der Waals surface area contributed by atoms with Crippen LogP contribution in [0.15, 0.2) is 47.2 Å². The Balaban J connectivity index is 1.51. The predicted molar refractivity (Wildman–Crippen MR) is 100 cm³/mol. The molecule has 144 valence electrons. The monoisotopic (exact) mass is 379 g/mol. The minimum atomic E-state index is -0.307. The van der Waals surface area contributed by atoms with Crippen LogP contribution < -0.4 is 10.6 Å². The molecule has 0 atom stereocenters. The number of furan rings is 1. The summed E-state index contributed by atoms with van der Waals surface area (Å²) in [6, 6.07) is 9.09. The van der Waals surface area contributed by atoms with Crippen molar-refractivity contribution in [1.29, 1.82) is 0 Å². The highest BCUT2D eigenvalue weighted by atomic mass is 16.3. The maximum absolute atomic E-state index is 12.7. The quantitative estimate of drug-likeness (QED) is 0.683. The van der Waals surface area contributed by atoms with Gasteiger partial charge in [-0.25, -0.2) is 4.98 Å². The summed E-state index contributed by atoms with van der Waals surface area (Å²) >= 11 is 0. The van der Waals surface area contributed by atoms with Crippen molar-refractivity contribution in [3.63, 3.8) is 0 Å². The fourth-order valence-electron chi connectivity index (χ4n) is 3.32. The number of rotatable bonds is 6. The molecule has 0 saturated carbocycles. The van der Waals surface area contributed by atoms with Gasteiger partial charge in [0.05, 0.1) is 30.7 Å².